The molecule has 0 radical (unpaired) electrons. The monoisotopic (exact) mass is 415 g/mol. The Balaban J connectivity index is 1.80. The average molecular weight is 416 g/mol. The maximum absolute atomic E-state index is 12.9. The summed E-state index contributed by atoms with van der Waals surface area (Å²) < 4.78 is 0.885. The van der Waals surface area contributed by atoms with Gasteiger partial charge in [0.1, 0.15) is 11.6 Å². The summed E-state index contributed by atoms with van der Waals surface area (Å²) >= 11 is 3.33. The van der Waals surface area contributed by atoms with Gasteiger partial charge in [0, 0.05) is 10.2 Å². The largest absolute Gasteiger partial charge is 0.326 e. The number of benzene rings is 2. The van der Waals surface area contributed by atoms with E-state index in [1.54, 1.807) is 55.5 Å². The third kappa shape index (κ3) is 3.22. The minimum absolute atomic E-state index is 0.437. The zero-order valence-electron chi connectivity index (χ0n) is 14.3. The number of rotatable bonds is 4. The summed E-state index contributed by atoms with van der Waals surface area (Å²) in [6, 6.07) is 14.5. The molecule has 2 atom stereocenters. The molecule has 1 aliphatic rings. The third-order valence-corrected chi connectivity index (χ3v) is 4.98. The van der Waals surface area contributed by atoms with E-state index in [9.17, 15) is 14.4 Å². The lowest BCUT2D eigenvalue weighted by Gasteiger charge is -2.24. The van der Waals surface area contributed by atoms with Crippen LogP contribution in [-0.4, -0.2) is 28.8 Å². The van der Waals surface area contributed by atoms with Gasteiger partial charge in [0.2, 0.25) is 5.91 Å². The fourth-order valence-electron chi connectivity index (χ4n) is 2.88. The highest BCUT2D eigenvalue weighted by Crippen LogP contribution is 2.30. The number of carbonyl (C=O) groups is 3. The van der Waals surface area contributed by atoms with Crippen LogP contribution < -0.4 is 10.6 Å². The molecule has 7 heteroatoms. The van der Waals surface area contributed by atoms with Crippen LogP contribution in [-0.2, 0) is 15.1 Å². The van der Waals surface area contributed by atoms with Gasteiger partial charge in [-0.1, -0.05) is 46.3 Å². The molecule has 2 aromatic carbocycles. The van der Waals surface area contributed by atoms with Crippen molar-refractivity contribution in [1.29, 1.82) is 0 Å². The van der Waals surface area contributed by atoms with Crippen molar-refractivity contribution in [3.05, 3.63) is 64.6 Å². The van der Waals surface area contributed by atoms with Crippen molar-refractivity contribution in [3.8, 4) is 0 Å². The van der Waals surface area contributed by atoms with Gasteiger partial charge in [0.05, 0.1) is 0 Å². The van der Waals surface area contributed by atoms with E-state index in [0.29, 0.717) is 11.3 Å². The van der Waals surface area contributed by atoms with Crippen LogP contribution >= 0.6 is 15.9 Å². The van der Waals surface area contributed by atoms with Crippen LogP contribution in [0.15, 0.2) is 59.1 Å². The topological polar surface area (TPSA) is 78.5 Å². The van der Waals surface area contributed by atoms with Crippen LogP contribution in [0, 0.1) is 0 Å². The summed E-state index contributed by atoms with van der Waals surface area (Å²) in [7, 11) is 0. The van der Waals surface area contributed by atoms with Gasteiger partial charge >= 0.3 is 6.03 Å². The number of urea groups is 1. The Morgan fingerprint density at radius 2 is 1.73 bits per heavy atom. The molecule has 1 aliphatic heterocycles. The second-order valence-corrected chi connectivity index (χ2v) is 7.18. The Bertz CT molecular complexity index is 854. The molecule has 6 nitrogen and oxygen atoms in total. The van der Waals surface area contributed by atoms with Crippen molar-refractivity contribution < 1.29 is 14.4 Å². The molecule has 2 aromatic rings. The quantitative estimate of drug-likeness (QED) is 0.752. The Hall–Kier alpha value is -2.67. The van der Waals surface area contributed by atoms with E-state index in [1.807, 2.05) is 6.07 Å². The lowest BCUT2D eigenvalue weighted by Crippen LogP contribution is -2.47. The maximum atomic E-state index is 12.9. The Morgan fingerprint density at radius 3 is 2.35 bits per heavy atom. The number of imide groups is 1. The van der Waals surface area contributed by atoms with Crippen molar-refractivity contribution in [1.82, 2.24) is 10.2 Å². The number of carbonyl (C=O) groups excluding carboxylic acids is 3. The van der Waals surface area contributed by atoms with E-state index in [0.717, 1.165) is 9.37 Å². The standard InChI is InChI=1S/C19H18BrN3O3/c1-12(16(24)21-15-10-8-14(20)9-11-15)23-17(25)19(2,22-18(23)26)13-6-4-3-5-7-13/h3-12H,1-2H3,(H,21,24)(H,22,26)/t12-,19+/m0/s1. The lowest BCUT2D eigenvalue weighted by atomic mass is 9.92. The van der Waals surface area contributed by atoms with Gasteiger partial charge < -0.3 is 10.6 Å². The second kappa shape index (κ2) is 6.92. The Kier molecular flexibility index (Phi) is 4.82. The first-order valence-corrected chi connectivity index (χ1v) is 8.90. The van der Waals surface area contributed by atoms with E-state index >= 15 is 0 Å². The minimum atomic E-state index is -1.19. The molecule has 134 valence electrons. The summed E-state index contributed by atoms with van der Waals surface area (Å²) in [5.41, 5.74) is 0.0640. The number of nitrogens with zero attached hydrogens (tertiary/aromatic N) is 1. The minimum Gasteiger partial charge on any atom is -0.324 e. The number of amides is 4. The summed E-state index contributed by atoms with van der Waals surface area (Å²) in [6.45, 7) is 3.17. The van der Waals surface area contributed by atoms with E-state index in [-0.39, 0.29) is 0 Å². The van der Waals surface area contributed by atoms with E-state index in [4.69, 9.17) is 0 Å². The predicted octanol–water partition coefficient (Wildman–Crippen LogP) is 3.24. The fourth-order valence-corrected chi connectivity index (χ4v) is 3.14. The van der Waals surface area contributed by atoms with E-state index in [2.05, 4.69) is 26.6 Å². The first-order chi connectivity index (χ1) is 12.3. The predicted molar refractivity (Wildman–Crippen MR) is 101 cm³/mol. The lowest BCUT2D eigenvalue weighted by molar-refractivity contribution is -0.136. The molecular weight excluding hydrogens is 398 g/mol. The molecule has 0 aliphatic carbocycles. The van der Waals surface area contributed by atoms with Crippen LogP contribution in [0.25, 0.3) is 0 Å². The molecule has 1 saturated heterocycles. The Morgan fingerprint density at radius 1 is 1.12 bits per heavy atom. The molecular formula is C19H18BrN3O3. The van der Waals surface area contributed by atoms with E-state index in [1.165, 1.54) is 6.92 Å². The molecule has 1 fully saturated rings. The van der Waals surface area contributed by atoms with Gasteiger partial charge in [0.25, 0.3) is 5.91 Å². The zero-order valence-corrected chi connectivity index (χ0v) is 15.9. The zero-order chi connectivity index (χ0) is 18.9. The molecule has 0 unspecified atom stereocenters. The van der Waals surface area contributed by atoms with Crippen molar-refractivity contribution in [2.24, 2.45) is 0 Å². The van der Waals surface area contributed by atoms with Gasteiger partial charge in [-0.05, 0) is 43.7 Å². The third-order valence-electron chi connectivity index (χ3n) is 4.45. The van der Waals surface area contributed by atoms with Crippen molar-refractivity contribution in [2.75, 3.05) is 5.32 Å². The van der Waals surface area contributed by atoms with Crippen molar-refractivity contribution >= 4 is 39.5 Å². The average Bonchev–Trinajstić information content (AvgIpc) is 2.87. The van der Waals surface area contributed by atoms with Crippen molar-refractivity contribution in [3.63, 3.8) is 0 Å². The number of anilines is 1. The van der Waals surface area contributed by atoms with Gasteiger partial charge in [-0.2, -0.15) is 0 Å². The normalized spacial score (nSPS) is 20.7. The summed E-state index contributed by atoms with van der Waals surface area (Å²) in [6.07, 6.45) is 0. The first-order valence-electron chi connectivity index (χ1n) is 8.10. The molecule has 0 spiro atoms. The van der Waals surface area contributed by atoms with Gasteiger partial charge in [-0.15, -0.1) is 0 Å². The smallest absolute Gasteiger partial charge is 0.324 e. The summed E-state index contributed by atoms with van der Waals surface area (Å²) in [4.78, 5) is 38.9. The maximum Gasteiger partial charge on any atom is 0.326 e. The molecule has 0 aromatic heterocycles. The van der Waals surface area contributed by atoms with Crippen LogP contribution in [0.2, 0.25) is 0 Å². The highest BCUT2D eigenvalue weighted by atomic mass is 79.9. The highest BCUT2D eigenvalue weighted by Gasteiger charge is 2.51. The number of hydrogen-bond donors (Lipinski definition) is 2. The second-order valence-electron chi connectivity index (χ2n) is 6.27. The summed E-state index contributed by atoms with van der Waals surface area (Å²) in [5, 5.41) is 5.43. The molecule has 2 N–H and O–H groups in total. The van der Waals surface area contributed by atoms with Crippen molar-refractivity contribution in [2.45, 2.75) is 25.4 Å². The number of hydrogen-bond acceptors (Lipinski definition) is 3. The molecule has 1 heterocycles. The van der Waals surface area contributed by atoms with Crippen LogP contribution in [0.5, 0.6) is 0 Å². The van der Waals surface area contributed by atoms with Gasteiger partial charge in [-0.3, -0.25) is 9.59 Å². The molecule has 0 bridgehead atoms. The number of halogens is 1. The van der Waals surface area contributed by atoms with Crippen LogP contribution in [0.4, 0.5) is 10.5 Å². The number of nitrogens with one attached hydrogen (secondary N) is 2. The Labute approximate surface area is 159 Å². The molecule has 3 rings (SSSR count). The first kappa shape index (κ1) is 18.1. The van der Waals surface area contributed by atoms with E-state index < -0.39 is 29.4 Å². The highest BCUT2D eigenvalue weighted by molar-refractivity contribution is 9.10. The molecule has 4 amide bonds. The van der Waals surface area contributed by atoms with Crippen LogP contribution in [0.3, 0.4) is 0 Å². The van der Waals surface area contributed by atoms with Crippen LogP contribution in [0.1, 0.15) is 19.4 Å². The SMILES string of the molecule is C[C@@H](C(=O)Nc1ccc(Br)cc1)N1C(=O)N[C@](C)(c2ccccc2)C1=O. The summed E-state index contributed by atoms with van der Waals surface area (Å²) in [5.74, 6) is -0.889. The van der Waals surface area contributed by atoms with Gasteiger partial charge in [-0.25, -0.2) is 9.69 Å². The fraction of sp³-hybridized carbons (Fsp3) is 0.211. The molecule has 0 saturated carbocycles. The van der Waals surface area contributed by atoms with Gasteiger partial charge in [0.15, 0.2) is 0 Å². The molecule has 26 heavy (non-hydrogen) atoms.